The third-order valence-electron chi connectivity index (χ3n) is 5.92. The summed E-state index contributed by atoms with van der Waals surface area (Å²) in [6.45, 7) is 5.74. The van der Waals surface area contributed by atoms with Gasteiger partial charge in [-0.1, -0.05) is 62.7 Å². The molecule has 3 aromatic rings. The van der Waals surface area contributed by atoms with Gasteiger partial charge in [0.1, 0.15) is 12.3 Å². The topological polar surface area (TPSA) is 53.8 Å². The van der Waals surface area contributed by atoms with E-state index in [-0.39, 0.29) is 18.4 Å². The Labute approximate surface area is 203 Å². The molecule has 2 aromatic carbocycles. The minimum absolute atomic E-state index is 0.0553. The van der Waals surface area contributed by atoms with Crippen molar-refractivity contribution in [3.63, 3.8) is 0 Å². The lowest BCUT2D eigenvalue weighted by atomic mass is 10.1. The molecule has 0 N–H and O–H groups in total. The summed E-state index contributed by atoms with van der Waals surface area (Å²) in [6, 6.07) is 21.6. The summed E-state index contributed by atoms with van der Waals surface area (Å²) in [4.78, 5) is 30.1. The monoisotopic (exact) mass is 460 g/mol. The van der Waals surface area contributed by atoms with Crippen LogP contribution in [-0.4, -0.2) is 41.2 Å². The van der Waals surface area contributed by atoms with E-state index in [0.717, 1.165) is 37.9 Å². The average Bonchev–Trinajstić information content (AvgIpc) is 3.38. The molecule has 0 fully saturated rings. The number of carbonyl (C=O) groups is 2. The Balaban J connectivity index is 1.69. The van der Waals surface area contributed by atoms with E-state index in [1.54, 1.807) is 16.1 Å². The molecular formula is C29H36N2O3. The predicted molar refractivity (Wildman–Crippen MR) is 136 cm³/mol. The van der Waals surface area contributed by atoms with Gasteiger partial charge in [0.25, 0.3) is 5.91 Å². The number of nitrogens with zero attached hydrogens (tertiary/aromatic N) is 2. The van der Waals surface area contributed by atoms with E-state index in [1.165, 1.54) is 11.1 Å². The van der Waals surface area contributed by atoms with Crippen LogP contribution in [0.4, 0.5) is 0 Å². The van der Waals surface area contributed by atoms with E-state index in [1.807, 2.05) is 61.5 Å². The van der Waals surface area contributed by atoms with E-state index in [0.29, 0.717) is 25.2 Å². The van der Waals surface area contributed by atoms with Crippen molar-refractivity contribution in [2.24, 2.45) is 0 Å². The summed E-state index contributed by atoms with van der Waals surface area (Å²) in [5.74, 6) is 0.560. The zero-order valence-corrected chi connectivity index (χ0v) is 20.4. The number of hydrogen-bond donors (Lipinski definition) is 0. The zero-order valence-electron chi connectivity index (χ0n) is 20.4. The lowest BCUT2D eigenvalue weighted by Crippen LogP contribution is -2.43. The first-order chi connectivity index (χ1) is 16.6. The number of amides is 2. The van der Waals surface area contributed by atoms with Crippen molar-refractivity contribution in [3.05, 3.63) is 95.4 Å². The molecule has 0 saturated carbocycles. The number of aryl methyl sites for hydroxylation is 1. The third-order valence-corrected chi connectivity index (χ3v) is 5.92. The van der Waals surface area contributed by atoms with Crippen LogP contribution in [0, 0.1) is 0 Å². The smallest absolute Gasteiger partial charge is 0.254 e. The van der Waals surface area contributed by atoms with E-state index in [2.05, 4.69) is 19.1 Å². The SMILES string of the molecule is CCCCc1ccc(C(=O)N(CCC)CC(=O)N(CCc2ccccc2)Cc2ccco2)cc1. The van der Waals surface area contributed by atoms with Crippen molar-refractivity contribution in [1.82, 2.24) is 9.80 Å². The summed E-state index contributed by atoms with van der Waals surface area (Å²) in [5.41, 5.74) is 3.04. The second kappa shape index (κ2) is 13.4. The van der Waals surface area contributed by atoms with Crippen LogP contribution in [-0.2, 0) is 24.2 Å². The molecule has 3 rings (SSSR count). The molecule has 0 aliphatic heterocycles. The fourth-order valence-electron chi connectivity index (χ4n) is 3.95. The van der Waals surface area contributed by atoms with Crippen LogP contribution in [0.3, 0.4) is 0 Å². The molecule has 0 bridgehead atoms. The number of furan rings is 1. The first-order valence-electron chi connectivity index (χ1n) is 12.3. The van der Waals surface area contributed by atoms with Crippen molar-refractivity contribution in [2.45, 2.75) is 52.5 Å². The molecule has 5 nitrogen and oxygen atoms in total. The first kappa shape index (κ1) is 25.3. The molecular weight excluding hydrogens is 424 g/mol. The largest absolute Gasteiger partial charge is 0.467 e. The Hall–Kier alpha value is -3.34. The molecule has 2 amide bonds. The van der Waals surface area contributed by atoms with Gasteiger partial charge in [-0.25, -0.2) is 0 Å². The minimum Gasteiger partial charge on any atom is -0.467 e. The molecule has 0 spiro atoms. The maximum Gasteiger partial charge on any atom is 0.254 e. The highest BCUT2D eigenvalue weighted by Gasteiger charge is 2.22. The van der Waals surface area contributed by atoms with Crippen molar-refractivity contribution in [3.8, 4) is 0 Å². The van der Waals surface area contributed by atoms with Crippen LogP contribution in [0.1, 0.15) is 60.4 Å². The maximum absolute atomic E-state index is 13.4. The number of benzene rings is 2. The Morgan fingerprint density at radius 1 is 0.765 bits per heavy atom. The van der Waals surface area contributed by atoms with Gasteiger partial charge in [-0.3, -0.25) is 9.59 Å². The second-order valence-corrected chi connectivity index (χ2v) is 8.66. The Kier molecular flexibility index (Phi) is 9.96. The average molecular weight is 461 g/mol. The number of rotatable bonds is 13. The summed E-state index contributed by atoms with van der Waals surface area (Å²) in [6.07, 6.45) is 6.45. The number of unbranched alkanes of at least 4 members (excludes halogenated alkanes) is 1. The van der Waals surface area contributed by atoms with Crippen molar-refractivity contribution >= 4 is 11.8 Å². The van der Waals surface area contributed by atoms with Crippen LogP contribution < -0.4 is 0 Å². The molecule has 0 radical (unpaired) electrons. The van der Waals surface area contributed by atoms with Crippen LogP contribution in [0.15, 0.2) is 77.4 Å². The van der Waals surface area contributed by atoms with E-state index in [9.17, 15) is 9.59 Å². The van der Waals surface area contributed by atoms with Gasteiger partial charge in [0, 0.05) is 18.7 Å². The standard InChI is InChI=1S/C29H36N2O3/c1-3-5-10-25-14-16-26(17-15-25)29(33)31(19-4-2)23-28(32)30(22-27-13-9-21-34-27)20-18-24-11-7-6-8-12-24/h6-9,11-17,21H,3-5,10,18-20,22-23H2,1-2H3. The molecule has 0 aliphatic carbocycles. The van der Waals surface area contributed by atoms with Crippen LogP contribution in [0.25, 0.3) is 0 Å². The normalized spacial score (nSPS) is 10.8. The predicted octanol–water partition coefficient (Wildman–Crippen LogP) is 5.75. The van der Waals surface area contributed by atoms with E-state index in [4.69, 9.17) is 4.42 Å². The lowest BCUT2D eigenvalue weighted by Gasteiger charge is -2.27. The van der Waals surface area contributed by atoms with E-state index >= 15 is 0 Å². The van der Waals surface area contributed by atoms with Gasteiger partial charge < -0.3 is 14.2 Å². The number of carbonyl (C=O) groups excluding carboxylic acids is 2. The highest BCUT2D eigenvalue weighted by molar-refractivity contribution is 5.96. The van der Waals surface area contributed by atoms with Gasteiger partial charge in [0.2, 0.25) is 5.91 Å². The van der Waals surface area contributed by atoms with Gasteiger partial charge in [-0.15, -0.1) is 0 Å². The summed E-state index contributed by atoms with van der Waals surface area (Å²) in [7, 11) is 0. The fraction of sp³-hybridized carbons (Fsp3) is 0.379. The van der Waals surface area contributed by atoms with Crippen LogP contribution in [0.5, 0.6) is 0 Å². The van der Waals surface area contributed by atoms with Gasteiger partial charge in [0.15, 0.2) is 0 Å². The highest BCUT2D eigenvalue weighted by atomic mass is 16.3. The van der Waals surface area contributed by atoms with Crippen molar-refractivity contribution in [1.29, 1.82) is 0 Å². The molecule has 0 atom stereocenters. The van der Waals surface area contributed by atoms with Gasteiger partial charge in [0.05, 0.1) is 12.8 Å². The van der Waals surface area contributed by atoms with Crippen molar-refractivity contribution in [2.75, 3.05) is 19.6 Å². The highest BCUT2D eigenvalue weighted by Crippen LogP contribution is 2.13. The molecule has 1 heterocycles. The number of hydrogen-bond acceptors (Lipinski definition) is 3. The molecule has 5 heteroatoms. The fourth-order valence-corrected chi connectivity index (χ4v) is 3.95. The summed E-state index contributed by atoms with van der Waals surface area (Å²) in [5, 5.41) is 0. The quantitative estimate of drug-likeness (QED) is 0.327. The molecule has 180 valence electrons. The van der Waals surface area contributed by atoms with Gasteiger partial charge >= 0.3 is 0 Å². The lowest BCUT2D eigenvalue weighted by molar-refractivity contribution is -0.132. The van der Waals surface area contributed by atoms with E-state index < -0.39 is 0 Å². The van der Waals surface area contributed by atoms with Gasteiger partial charge in [-0.2, -0.15) is 0 Å². The van der Waals surface area contributed by atoms with Crippen LogP contribution in [0.2, 0.25) is 0 Å². The summed E-state index contributed by atoms with van der Waals surface area (Å²) < 4.78 is 5.50. The van der Waals surface area contributed by atoms with Gasteiger partial charge in [-0.05, 0) is 61.1 Å². The van der Waals surface area contributed by atoms with Crippen LogP contribution >= 0.6 is 0 Å². The molecule has 0 unspecified atom stereocenters. The third kappa shape index (κ3) is 7.62. The summed E-state index contributed by atoms with van der Waals surface area (Å²) >= 11 is 0. The molecule has 0 saturated heterocycles. The first-order valence-corrected chi connectivity index (χ1v) is 12.3. The zero-order chi connectivity index (χ0) is 24.2. The molecule has 34 heavy (non-hydrogen) atoms. The Morgan fingerprint density at radius 2 is 1.50 bits per heavy atom. The second-order valence-electron chi connectivity index (χ2n) is 8.66. The minimum atomic E-state index is -0.0988. The molecule has 1 aromatic heterocycles. The molecule has 0 aliphatic rings. The Morgan fingerprint density at radius 3 is 2.15 bits per heavy atom. The maximum atomic E-state index is 13.4. The Bertz CT molecular complexity index is 998. The van der Waals surface area contributed by atoms with Crippen molar-refractivity contribution < 1.29 is 14.0 Å².